The second kappa shape index (κ2) is 4.69. The van der Waals surface area contributed by atoms with Gasteiger partial charge in [0.1, 0.15) is 0 Å². The lowest BCUT2D eigenvalue weighted by molar-refractivity contribution is 0.0697. The lowest BCUT2D eigenvalue weighted by atomic mass is 10.1. The van der Waals surface area contributed by atoms with Crippen molar-refractivity contribution in [2.45, 2.75) is 6.42 Å². The fraction of sp³-hybridized carbons (Fsp3) is 0.0909. The SMILES string of the molecule is N#CCC#Cc1ccc(C(=O)O)cc1N. The summed E-state index contributed by atoms with van der Waals surface area (Å²) in [4.78, 5) is 10.6. The number of benzene rings is 1. The second-order valence-corrected chi connectivity index (χ2v) is 2.74. The molecule has 0 atom stereocenters. The summed E-state index contributed by atoms with van der Waals surface area (Å²) in [5, 5.41) is 16.9. The van der Waals surface area contributed by atoms with Gasteiger partial charge in [0.15, 0.2) is 0 Å². The molecule has 4 nitrogen and oxygen atoms in total. The van der Waals surface area contributed by atoms with Crippen molar-refractivity contribution in [2.75, 3.05) is 5.73 Å². The fourth-order valence-corrected chi connectivity index (χ4v) is 0.989. The third-order valence-corrected chi connectivity index (χ3v) is 1.69. The van der Waals surface area contributed by atoms with Crippen LogP contribution in [0.15, 0.2) is 18.2 Å². The molecule has 0 amide bonds. The summed E-state index contributed by atoms with van der Waals surface area (Å²) in [6.45, 7) is 0. The van der Waals surface area contributed by atoms with Gasteiger partial charge in [-0.2, -0.15) is 5.26 Å². The summed E-state index contributed by atoms with van der Waals surface area (Å²) in [6.07, 6.45) is 0.125. The monoisotopic (exact) mass is 200 g/mol. The number of aromatic carboxylic acids is 1. The number of nitrogens with two attached hydrogens (primary N) is 1. The van der Waals surface area contributed by atoms with Crippen LogP contribution in [0, 0.1) is 23.2 Å². The number of carbonyl (C=O) groups is 1. The van der Waals surface area contributed by atoms with E-state index in [-0.39, 0.29) is 12.0 Å². The highest BCUT2D eigenvalue weighted by atomic mass is 16.4. The normalized spacial score (nSPS) is 8.47. The van der Waals surface area contributed by atoms with Gasteiger partial charge in [0.25, 0.3) is 0 Å². The highest BCUT2D eigenvalue weighted by Crippen LogP contribution is 2.13. The molecule has 0 radical (unpaired) electrons. The minimum Gasteiger partial charge on any atom is -0.478 e. The van der Waals surface area contributed by atoms with Gasteiger partial charge < -0.3 is 10.8 Å². The smallest absolute Gasteiger partial charge is 0.335 e. The van der Waals surface area contributed by atoms with Crippen LogP contribution >= 0.6 is 0 Å². The average molecular weight is 200 g/mol. The number of nitrogens with zero attached hydrogens (tertiary/aromatic N) is 1. The standard InChI is InChI=1S/C11H8N2O2/c12-6-2-1-3-8-4-5-9(11(14)15)7-10(8)13/h4-5,7H,2,13H2,(H,14,15). The molecule has 0 aliphatic carbocycles. The molecule has 1 aromatic carbocycles. The molecule has 0 unspecified atom stereocenters. The highest BCUT2D eigenvalue weighted by Gasteiger charge is 2.04. The Morgan fingerprint density at radius 1 is 1.53 bits per heavy atom. The van der Waals surface area contributed by atoms with E-state index in [1.807, 2.05) is 6.07 Å². The lowest BCUT2D eigenvalue weighted by Crippen LogP contribution is -1.99. The Morgan fingerprint density at radius 3 is 2.80 bits per heavy atom. The van der Waals surface area contributed by atoms with Crippen LogP contribution in [0.25, 0.3) is 0 Å². The van der Waals surface area contributed by atoms with Gasteiger partial charge in [-0.15, -0.1) is 0 Å². The van der Waals surface area contributed by atoms with Crippen molar-refractivity contribution >= 4 is 11.7 Å². The van der Waals surface area contributed by atoms with Gasteiger partial charge in [0.2, 0.25) is 0 Å². The minimum absolute atomic E-state index is 0.123. The second-order valence-electron chi connectivity index (χ2n) is 2.74. The average Bonchev–Trinajstić information content (AvgIpc) is 2.20. The van der Waals surface area contributed by atoms with E-state index in [0.29, 0.717) is 11.3 Å². The van der Waals surface area contributed by atoms with E-state index in [9.17, 15) is 4.79 Å². The van der Waals surface area contributed by atoms with E-state index in [4.69, 9.17) is 16.1 Å². The molecule has 0 aliphatic rings. The molecule has 0 spiro atoms. The summed E-state index contributed by atoms with van der Waals surface area (Å²) in [5.74, 6) is 4.26. The predicted octanol–water partition coefficient (Wildman–Crippen LogP) is 1.23. The number of carboxylic acid groups (broad SMARTS) is 1. The molecule has 0 saturated heterocycles. The number of nitriles is 1. The topological polar surface area (TPSA) is 87.1 Å². The zero-order valence-corrected chi connectivity index (χ0v) is 7.82. The number of nitrogen functional groups attached to an aromatic ring is 1. The molecule has 74 valence electrons. The van der Waals surface area contributed by atoms with E-state index < -0.39 is 5.97 Å². The Kier molecular flexibility index (Phi) is 3.32. The van der Waals surface area contributed by atoms with E-state index in [1.165, 1.54) is 18.2 Å². The molecule has 15 heavy (non-hydrogen) atoms. The van der Waals surface area contributed by atoms with Gasteiger partial charge in [0, 0.05) is 11.3 Å². The van der Waals surface area contributed by atoms with Crippen LogP contribution in [-0.2, 0) is 0 Å². The van der Waals surface area contributed by atoms with Crippen LogP contribution in [0.3, 0.4) is 0 Å². The minimum atomic E-state index is -1.03. The summed E-state index contributed by atoms with van der Waals surface area (Å²) in [5.41, 5.74) is 6.56. The largest absolute Gasteiger partial charge is 0.478 e. The molecular weight excluding hydrogens is 192 g/mol. The fourth-order valence-electron chi connectivity index (χ4n) is 0.989. The zero-order valence-electron chi connectivity index (χ0n) is 7.82. The Bertz CT molecular complexity index is 490. The van der Waals surface area contributed by atoms with E-state index >= 15 is 0 Å². The number of hydrogen-bond donors (Lipinski definition) is 2. The Hall–Kier alpha value is -2.46. The van der Waals surface area contributed by atoms with Gasteiger partial charge in [-0.05, 0) is 18.2 Å². The Balaban J connectivity index is 3.01. The number of hydrogen-bond acceptors (Lipinski definition) is 3. The number of anilines is 1. The van der Waals surface area contributed by atoms with Crippen molar-refractivity contribution in [1.29, 1.82) is 5.26 Å². The Labute approximate surface area is 86.9 Å². The molecule has 3 N–H and O–H groups in total. The molecule has 0 heterocycles. The van der Waals surface area contributed by atoms with Gasteiger partial charge in [0.05, 0.1) is 18.1 Å². The third kappa shape index (κ3) is 2.75. The number of carboxylic acids is 1. The molecular formula is C11H8N2O2. The zero-order chi connectivity index (χ0) is 11.3. The molecule has 0 aliphatic heterocycles. The summed E-state index contributed by atoms with van der Waals surface area (Å²) >= 11 is 0. The van der Waals surface area contributed by atoms with Gasteiger partial charge >= 0.3 is 5.97 Å². The summed E-state index contributed by atoms with van der Waals surface area (Å²) in [7, 11) is 0. The van der Waals surface area contributed by atoms with E-state index in [1.54, 1.807) is 0 Å². The molecule has 0 bridgehead atoms. The van der Waals surface area contributed by atoms with Crippen molar-refractivity contribution in [2.24, 2.45) is 0 Å². The summed E-state index contributed by atoms with van der Waals surface area (Å²) in [6, 6.07) is 6.18. The first-order chi connectivity index (χ1) is 7.15. The van der Waals surface area contributed by atoms with Crippen LogP contribution in [0.5, 0.6) is 0 Å². The number of rotatable bonds is 1. The summed E-state index contributed by atoms with van der Waals surface area (Å²) < 4.78 is 0. The van der Waals surface area contributed by atoms with Crippen LogP contribution in [-0.4, -0.2) is 11.1 Å². The van der Waals surface area contributed by atoms with Crippen LogP contribution in [0.1, 0.15) is 22.3 Å². The maximum atomic E-state index is 10.6. The van der Waals surface area contributed by atoms with Crippen LogP contribution < -0.4 is 5.73 Å². The van der Waals surface area contributed by atoms with Crippen molar-refractivity contribution in [1.82, 2.24) is 0 Å². The van der Waals surface area contributed by atoms with Crippen LogP contribution in [0.2, 0.25) is 0 Å². The van der Waals surface area contributed by atoms with Gasteiger partial charge in [-0.25, -0.2) is 4.79 Å². The van der Waals surface area contributed by atoms with Crippen molar-refractivity contribution in [3.05, 3.63) is 29.3 Å². The van der Waals surface area contributed by atoms with Crippen molar-refractivity contribution < 1.29 is 9.90 Å². The first-order valence-corrected chi connectivity index (χ1v) is 4.14. The highest BCUT2D eigenvalue weighted by molar-refractivity contribution is 5.89. The molecule has 1 aromatic rings. The quantitative estimate of drug-likeness (QED) is 0.527. The molecule has 0 aromatic heterocycles. The molecule has 1 rings (SSSR count). The molecule has 0 saturated carbocycles. The van der Waals surface area contributed by atoms with Crippen molar-refractivity contribution in [3.8, 4) is 17.9 Å². The van der Waals surface area contributed by atoms with E-state index in [0.717, 1.165) is 0 Å². The van der Waals surface area contributed by atoms with E-state index in [2.05, 4.69) is 11.8 Å². The maximum Gasteiger partial charge on any atom is 0.335 e. The Morgan fingerprint density at radius 2 is 2.27 bits per heavy atom. The lowest BCUT2D eigenvalue weighted by Gasteiger charge is -1.99. The first kappa shape index (κ1) is 10.6. The third-order valence-electron chi connectivity index (χ3n) is 1.69. The molecule has 4 heteroatoms. The molecule has 0 fully saturated rings. The maximum absolute atomic E-state index is 10.6. The predicted molar refractivity (Wildman–Crippen MR) is 54.9 cm³/mol. The van der Waals surface area contributed by atoms with Crippen LogP contribution in [0.4, 0.5) is 5.69 Å². The van der Waals surface area contributed by atoms with Crippen molar-refractivity contribution in [3.63, 3.8) is 0 Å². The van der Waals surface area contributed by atoms with Gasteiger partial charge in [-0.1, -0.05) is 11.8 Å². The first-order valence-electron chi connectivity index (χ1n) is 4.14. The van der Waals surface area contributed by atoms with Gasteiger partial charge in [-0.3, -0.25) is 0 Å².